The molecule has 0 spiro atoms. The minimum atomic E-state index is -0.709. The molecule has 1 aromatic carbocycles. The third-order valence-electron chi connectivity index (χ3n) is 4.83. The van der Waals surface area contributed by atoms with E-state index in [2.05, 4.69) is 15.6 Å². The van der Waals surface area contributed by atoms with Gasteiger partial charge in [0.2, 0.25) is 5.91 Å². The lowest BCUT2D eigenvalue weighted by Crippen LogP contribution is -2.51. The van der Waals surface area contributed by atoms with Crippen molar-refractivity contribution in [1.82, 2.24) is 15.6 Å². The van der Waals surface area contributed by atoms with Gasteiger partial charge in [-0.3, -0.25) is 14.6 Å². The lowest BCUT2D eigenvalue weighted by atomic mass is 9.96. The molecule has 1 aliphatic rings. The first kappa shape index (κ1) is 21.8. The Morgan fingerprint density at radius 1 is 1.17 bits per heavy atom. The number of aromatic nitrogens is 1. The van der Waals surface area contributed by atoms with Crippen molar-refractivity contribution < 1.29 is 28.2 Å². The zero-order valence-corrected chi connectivity index (χ0v) is 16.2. The number of nitrogens with one attached hydrogen (secondary N) is 2. The Morgan fingerprint density at radius 2 is 1.93 bits per heavy atom. The number of carbonyl (C=O) groups excluding carboxylic acids is 2. The monoisotopic (exact) mass is 419 g/mol. The van der Waals surface area contributed by atoms with Gasteiger partial charge in [-0.1, -0.05) is 6.07 Å². The smallest absolute Gasteiger partial charge is 0.270 e. The highest BCUT2D eigenvalue weighted by molar-refractivity contribution is 5.92. The minimum Gasteiger partial charge on any atom is -0.394 e. The van der Waals surface area contributed by atoms with Gasteiger partial charge in [0.05, 0.1) is 25.2 Å². The molecule has 7 nitrogen and oxygen atoms in total. The van der Waals surface area contributed by atoms with Crippen LogP contribution in [0, 0.1) is 11.6 Å². The van der Waals surface area contributed by atoms with Crippen molar-refractivity contribution in [3.8, 4) is 0 Å². The Balaban J connectivity index is 1.48. The molecule has 9 heteroatoms. The molecule has 2 aromatic rings. The van der Waals surface area contributed by atoms with E-state index >= 15 is 0 Å². The minimum absolute atomic E-state index is 0.00752. The van der Waals surface area contributed by atoms with Gasteiger partial charge in [-0.15, -0.1) is 0 Å². The summed E-state index contributed by atoms with van der Waals surface area (Å²) in [5.41, 5.74) is 0.584. The number of carbonyl (C=O) groups is 2. The highest BCUT2D eigenvalue weighted by Gasteiger charge is 2.33. The van der Waals surface area contributed by atoms with Crippen LogP contribution >= 0.6 is 0 Å². The molecule has 0 aliphatic carbocycles. The molecule has 30 heavy (non-hydrogen) atoms. The Hall–Kier alpha value is -2.91. The van der Waals surface area contributed by atoms with Crippen LogP contribution in [0.3, 0.4) is 0 Å². The van der Waals surface area contributed by atoms with Crippen molar-refractivity contribution in [2.75, 3.05) is 6.61 Å². The standard InChI is InChI=1S/C21H23F2N3O4/c22-14-7-13(8-15(23)9-14)11-25-20(28)10-16-4-5-17(19(12-27)30-16)26-21(29)18-3-1-2-6-24-18/h1-3,6-9,16-17,19,27H,4-5,10-12H2,(H,25,28)(H,26,29)/t16-,17-,19+/m0/s1. The van der Waals surface area contributed by atoms with Crippen LogP contribution in [-0.4, -0.2) is 46.8 Å². The Bertz CT molecular complexity index is 862. The summed E-state index contributed by atoms with van der Waals surface area (Å²) in [5, 5.41) is 15.1. The van der Waals surface area contributed by atoms with Gasteiger partial charge < -0.3 is 20.5 Å². The van der Waals surface area contributed by atoms with Crippen LogP contribution in [0.5, 0.6) is 0 Å². The number of pyridine rings is 1. The largest absolute Gasteiger partial charge is 0.394 e. The van der Waals surface area contributed by atoms with E-state index in [-0.39, 0.29) is 37.1 Å². The summed E-state index contributed by atoms with van der Waals surface area (Å²) in [6.45, 7) is -0.319. The van der Waals surface area contributed by atoms with Crippen molar-refractivity contribution in [2.24, 2.45) is 0 Å². The zero-order valence-electron chi connectivity index (χ0n) is 16.2. The number of halogens is 2. The fourth-order valence-electron chi connectivity index (χ4n) is 3.38. The van der Waals surface area contributed by atoms with Gasteiger partial charge in [0.15, 0.2) is 0 Å². The number of ether oxygens (including phenoxy) is 1. The molecule has 0 bridgehead atoms. The molecule has 3 N–H and O–H groups in total. The van der Waals surface area contributed by atoms with E-state index in [0.29, 0.717) is 18.4 Å². The molecule has 1 saturated heterocycles. The van der Waals surface area contributed by atoms with E-state index < -0.39 is 29.9 Å². The highest BCUT2D eigenvalue weighted by atomic mass is 19.1. The normalized spacial score (nSPS) is 21.1. The third-order valence-corrected chi connectivity index (χ3v) is 4.83. The third kappa shape index (κ3) is 6.04. The summed E-state index contributed by atoms with van der Waals surface area (Å²) >= 11 is 0. The second-order valence-corrected chi connectivity index (χ2v) is 7.11. The van der Waals surface area contributed by atoms with E-state index in [1.165, 1.54) is 6.20 Å². The van der Waals surface area contributed by atoms with Gasteiger partial charge >= 0.3 is 0 Å². The van der Waals surface area contributed by atoms with Gasteiger partial charge in [-0.2, -0.15) is 0 Å². The lowest BCUT2D eigenvalue weighted by Gasteiger charge is -2.35. The topological polar surface area (TPSA) is 101 Å². The van der Waals surface area contributed by atoms with Crippen molar-refractivity contribution in [2.45, 2.75) is 44.1 Å². The van der Waals surface area contributed by atoms with Crippen molar-refractivity contribution in [3.63, 3.8) is 0 Å². The maximum absolute atomic E-state index is 13.2. The first-order chi connectivity index (χ1) is 14.4. The van der Waals surface area contributed by atoms with E-state index in [0.717, 1.165) is 18.2 Å². The molecule has 1 aromatic heterocycles. The molecule has 2 heterocycles. The molecule has 1 aliphatic heterocycles. The summed E-state index contributed by atoms with van der Waals surface area (Å²) in [6, 6.07) is 7.66. The van der Waals surface area contributed by atoms with Gasteiger partial charge in [-0.25, -0.2) is 8.78 Å². The van der Waals surface area contributed by atoms with Crippen LogP contribution in [0.25, 0.3) is 0 Å². The lowest BCUT2D eigenvalue weighted by molar-refractivity contribution is -0.131. The number of rotatable bonds is 7. The molecule has 2 amide bonds. The molecule has 3 rings (SSSR count). The number of aliphatic hydroxyl groups is 1. The average Bonchev–Trinajstić information content (AvgIpc) is 2.73. The van der Waals surface area contributed by atoms with Crippen LogP contribution in [0.4, 0.5) is 8.78 Å². The summed E-state index contributed by atoms with van der Waals surface area (Å²) in [5.74, 6) is -2.11. The first-order valence-corrected chi connectivity index (χ1v) is 9.64. The molecule has 0 saturated carbocycles. The summed E-state index contributed by atoms with van der Waals surface area (Å²) in [4.78, 5) is 28.4. The van der Waals surface area contributed by atoms with E-state index in [1.807, 2.05) is 0 Å². The van der Waals surface area contributed by atoms with Crippen molar-refractivity contribution in [1.29, 1.82) is 0 Å². The summed E-state index contributed by atoms with van der Waals surface area (Å²) in [7, 11) is 0. The number of nitrogens with zero attached hydrogens (tertiary/aromatic N) is 1. The number of amides is 2. The Morgan fingerprint density at radius 3 is 2.60 bits per heavy atom. The fourth-order valence-corrected chi connectivity index (χ4v) is 3.38. The van der Waals surface area contributed by atoms with E-state index in [9.17, 15) is 23.5 Å². The number of hydrogen-bond donors (Lipinski definition) is 3. The van der Waals surface area contributed by atoms with Crippen LogP contribution in [0.1, 0.15) is 35.3 Å². The Labute approximate surface area is 172 Å². The van der Waals surface area contributed by atoms with Gasteiger partial charge in [0, 0.05) is 18.8 Å². The average molecular weight is 419 g/mol. The maximum Gasteiger partial charge on any atom is 0.270 e. The van der Waals surface area contributed by atoms with Crippen LogP contribution in [0.2, 0.25) is 0 Å². The summed E-state index contributed by atoms with van der Waals surface area (Å²) < 4.78 is 32.2. The number of hydrogen-bond acceptors (Lipinski definition) is 5. The molecular formula is C21H23F2N3O4. The molecule has 0 radical (unpaired) electrons. The highest BCUT2D eigenvalue weighted by Crippen LogP contribution is 2.22. The molecule has 0 unspecified atom stereocenters. The number of benzene rings is 1. The van der Waals surface area contributed by atoms with Crippen LogP contribution in [-0.2, 0) is 16.1 Å². The maximum atomic E-state index is 13.2. The van der Waals surface area contributed by atoms with Gasteiger partial charge in [0.1, 0.15) is 23.4 Å². The predicted octanol–water partition coefficient (Wildman–Crippen LogP) is 1.70. The first-order valence-electron chi connectivity index (χ1n) is 9.64. The second-order valence-electron chi connectivity index (χ2n) is 7.11. The van der Waals surface area contributed by atoms with Gasteiger partial charge in [0.25, 0.3) is 5.91 Å². The van der Waals surface area contributed by atoms with Crippen molar-refractivity contribution >= 4 is 11.8 Å². The fraction of sp³-hybridized carbons (Fsp3) is 0.381. The van der Waals surface area contributed by atoms with Crippen LogP contribution in [0.15, 0.2) is 42.6 Å². The summed E-state index contributed by atoms with van der Waals surface area (Å²) in [6.07, 6.45) is 1.50. The molecule has 1 fully saturated rings. The predicted molar refractivity (Wildman–Crippen MR) is 103 cm³/mol. The second kappa shape index (κ2) is 10.2. The van der Waals surface area contributed by atoms with E-state index in [1.54, 1.807) is 18.2 Å². The van der Waals surface area contributed by atoms with Crippen LogP contribution < -0.4 is 10.6 Å². The number of aliphatic hydroxyl groups excluding tert-OH is 1. The van der Waals surface area contributed by atoms with E-state index in [4.69, 9.17) is 4.74 Å². The Kier molecular flexibility index (Phi) is 7.42. The van der Waals surface area contributed by atoms with Gasteiger partial charge in [-0.05, 0) is 42.7 Å². The quantitative estimate of drug-likeness (QED) is 0.634. The molecule has 160 valence electrons. The molecular weight excluding hydrogens is 396 g/mol. The molecule has 3 atom stereocenters. The van der Waals surface area contributed by atoms with Crippen molar-refractivity contribution in [3.05, 3.63) is 65.5 Å². The zero-order chi connectivity index (χ0) is 21.5. The SMILES string of the molecule is O=C(C[C@@H]1CC[C@H](NC(=O)c2ccccn2)[C@@H](CO)O1)NCc1cc(F)cc(F)c1.